The lowest BCUT2D eigenvalue weighted by Gasteiger charge is -2.14. The maximum absolute atomic E-state index is 12.0. The molecule has 1 aromatic carbocycles. The summed E-state index contributed by atoms with van der Waals surface area (Å²) in [5.41, 5.74) is 6.22. The highest BCUT2D eigenvalue weighted by molar-refractivity contribution is 8.13. The second-order valence-corrected chi connectivity index (χ2v) is 9.04. The quantitative estimate of drug-likeness (QED) is 0.464. The Morgan fingerprint density at radius 2 is 2.07 bits per heavy atom. The zero-order valence-electron chi connectivity index (χ0n) is 16.3. The van der Waals surface area contributed by atoms with E-state index in [1.165, 1.54) is 28.7 Å². The van der Waals surface area contributed by atoms with Crippen molar-refractivity contribution in [2.45, 2.75) is 19.8 Å². The zero-order valence-corrected chi connectivity index (χ0v) is 18.0. The number of hydrogen-bond acceptors (Lipinski definition) is 6. The second-order valence-electron chi connectivity index (χ2n) is 6.81. The Kier molecular flexibility index (Phi) is 5.10. The molecule has 0 fully saturated rings. The highest BCUT2D eigenvalue weighted by Gasteiger charge is 2.30. The molecule has 1 amide bonds. The molecule has 0 saturated heterocycles. The number of nitrogens with zero attached hydrogens (tertiary/aromatic N) is 4. The number of carbonyl (C=O) groups is 1. The standard InChI is InChI=1S/C22H19N5OS2/c1-2-29-22(28)25-21-24-17-11-10-16-18(14-7-6-12-23-13-14)26-27(19(16)20(17)30-21)15-8-4-3-5-9-15/h3-9,12-13H,2,10-11H2,1H3,(H,24,25,28). The Morgan fingerprint density at radius 1 is 1.20 bits per heavy atom. The van der Waals surface area contributed by atoms with Crippen LogP contribution in [0, 0.1) is 0 Å². The van der Waals surface area contributed by atoms with Gasteiger partial charge in [-0.05, 0) is 42.9 Å². The average Bonchev–Trinajstić information content (AvgIpc) is 3.36. The summed E-state index contributed by atoms with van der Waals surface area (Å²) in [5.74, 6) is 0.732. The molecule has 0 atom stereocenters. The van der Waals surface area contributed by atoms with Crippen molar-refractivity contribution in [2.24, 2.45) is 0 Å². The van der Waals surface area contributed by atoms with Crippen LogP contribution in [0.15, 0.2) is 54.9 Å². The minimum Gasteiger partial charge on any atom is -0.293 e. The first kappa shape index (κ1) is 19.0. The topological polar surface area (TPSA) is 72.7 Å². The van der Waals surface area contributed by atoms with Gasteiger partial charge < -0.3 is 0 Å². The van der Waals surface area contributed by atoms with E-state index in [-0.39, 0.29) is 5.24 Å². The molecule has 0 radical (unpaired) electrons. The van der Waals surface area contributed by atoms with Crippen molar-refractivity contribution in [2.75, 3.05) is 11.1 Å². The third-order valence-electron chi connectivity index (χ3n) is 4.93. The predicted octanol–water partition coefficient (Wildman–Crippen LogP) is 5.44. The summed E-state index contributed by atoms with van der Waals surface area (Å²) < 4.78 is 2.00. The van der Waals surface area contributed by atoms with Crippen molar-refractivity contribution in [3.05, 3.63) is 66.1 Å². The van der Waals surface area contributed by atoms with Gasteiger partial charge in [-0.3, -0.25) is 15.1 Å². The van der Waals surface area contributed by atoms with Crippen molar-refractivity contribution in [3.8, 4) is 27.5 Å². The van der Waals surface area contributed by atoms with Gasteiger partial charge in [-0.25, -0.2) is 9.67 Å². The summed E-state index contributed by atoms with van der Waals surface area (Å²) in [4.78, 5) is 22.1. The minimum atomic E-state index is -0.0727. The zero-order chi connectivity index (χ0) is 20.5. The first-order chi connectivity index (χ1) is 14.7. The van der Waals surface area contributed by atoms with E-state index in [9.17, 15) is 4.79 Å². The Bertz CT molecular complexity index is 1200. The van der Waals surface area contributed by atoms with Crippen LogP contribution in [0.2, 0.25) is 0 Å². The van der Waals surface area contributed by atoms with Crippen molar-refractivity contribution >= 4 is 33.5 Å². The van der Waals surface area contributed by atoms with Crippen LogP contribution in [0.1, 0.15) is 18.2 Å². The first-order valence-electron chi connectivity index (χ1n) is 9.76. The number of aryl methyl sites for hydroxylation is 1. The van der Waals surface area contributed by atoms with E-state index in [2.05, 4.69) is 22.4 Å². The number of fused-ring (bicyclic) bond motifs is 3. The molecule has 1 aliphatic carbocycles. The van der Waals surface area contributed by atoms with Gasteiger partial charge in [0.15, 0.2) is 5.13 Å². The summed E-state index contributed by atoms with van der Waals surface area (Å²) in [6.45, 7) is 1.96. The van der Waals surface area contributed by atoms with Crippen molar-refractivity contribution in [1.29, 1.82) is 0 Å². The molecule has 1 aliphatic rings. The summed E-state index contributed by atoms with van der Waals surface area (Å²) in [7, 11) is 0. The number of hydrogen-bond donors (Lipinski definition) is 1. The normalized spacial score (nSPS) is 12.3. The molecular formula is C22H19N5OS2. The van der Waals surface area contributed by atoms with Crippen LogP contribution in [0.5, 0.6) is 0 Å². The molecule has 30 heavy (non-hydrogen) atoms. The third kappa shape index (κ3) is 3.42. The van der Waals surface area contributed by atoms with Gasteiger partial charge in [-0.1, -0.05) is 48.2 Å². The highest BCUT2D eigenvalue weighted by atomic mass is 32.2. The monoisotopic (exact) mass is 433 g/mol. The SMILES string of the molecule is CCSC(=O)Nc1nc2c(s1)-c1c(c(-c3cccnc3)nn1-c1ccccc1)CC2. The van der Waals surface area contributed by atoms with E-state index in [1.54, 1.807) is 6.20 Å². The molecule has 4 aromatic rings. The molecule has 150 valence electrons. The highest BCUT2D eigenvalue weighted by Crippen LogP contribution is 2.44. The summed E-state index contributed by atoms with van der Waals surface area (Å²) in [5, 5.41) is 8.48. The Balaban J connectivity index is 1.66. The van der Waals surface area contributed by atoms with E-state index in [0.717, 1.165) is 51.8 Å². The van der Waals surface area contributed by atoms with Crippen LogP contribution in [0.4, 0.5) is 9.93 Å². The van der Waals surface area contributed by atoms with Crippen LogP contribution < -0.4 is 5.32 Å². The summed E-state index contributed by atoms with van der Waals surface area (Å²) in [6, 6.07) is 14.1. The van der Waals surface area contributed by atoms with Crippen LogP contribution in [0.3, 0.4) is 0 Å². The number of rotatable bonds is 4. The average molecular weight is 434 g/mol. The lowest BCUT2D eigenvalue weighted by atomic mass is 9.95. The van der Waals surface area contributed by atoms with Gasteiger partial charge in [0.1, 0.15) is 0 Å². The fraction of sp³-hybridized carbons (Fsp3) is 0.182. The molecular weight excluding hydrogens is 414 g/mol. The van der Waals surface area contributed by atoms with Crippen LogP contribution in [-0.4, -0.2) is 30.7 Å². The van der Waals surface area contributed by atoms with Crippen molar-refractivity contribution in [3.63, 3.8) is 0 Å². The number of nitrogens with one attached hydrogen (secondary N) is 1. The lowest BCUT2D eigenvalue weighted by Crippen LogP contribution is -2.06. The van der Waals surface area contributed by atoms with Gasteiger partial charge in [-0.15, -0.1) is 0 Å². The number of anilines is 1. The van der Waals surface area contributed by atoms with E-state index in [0.29, 0.717) is 5.13 Å². The second kappa shape index (κ2) is 8.04. The largest absolute Gasteiger partial charge is 0.293 e. The molecule has 0 aliphatic heterocycles. The number of para-hydroxylation sites is 1. The number of benzene rings is 1. The third-order valence-corrected chi connectivity index (χ3v) is 6.60. The smallest absolute Gasteiger partial charge is 0.285 e. The molecule has 3 aromatic heterocycles. The van der Waals surface area contributed by atoms with Crippen molar-refractivity contribution < 1.29 is 4.79 Å². The van der Waals surface area contributed by atoms with E-state index in [4.69, 9.17) is 10.1 Å². The number of carbonyl (C=O) groups excluding carboxylic acids is 1. The van der Waals surface area contributed by atoms with Crippen LogP contribution in [0.25, 0.3) is 27.5 Å². The fourth-order valence-electron chi connectivity index (χ4n) is 3.67. The minimum absolute atomic E-state index is 0.0727. The number of amides is 1. The summed E-state index contributed by atoms with van der Waals surface area (Å²) in [6.07, 6.45) is 5.30. The van der Waals surface area contributed by atoms with Gasteiger partial charge >= 0.3 is 0 Å². The molecule has 8 heteroatoms. The molecule has 0 bridgehead atoms. The molecule has 5 rings (SSSR count). The number of aromatic nitrogens is 4. The molecule has 0 spiro atoms. The Hall–Kier alpha value is -2.97. The maximum Gasteiger partial charge on any atom is 0.285 e. The van der Waals surface area contributed by atoms with Gasteiger partial charge in [-0.2, -0.15) is 5.10 Å². The number of pyridine rings is 1. The molecule has 3 heterocycles. The van der Waals surface area contributed by atoms with Gasteiger partial charge in [0.05, 0.1) is 27.6 Å². The van der Waals surface area contributed by atoms with E-state index in [1.807, 2.05) is 48.1 Å². The Labute approximate surface area is 182 Å². The van der Waals surface area contributed by atoms with Gasteiger partial charge in [0.25, 0.3) is 5.24 Å². The maximum atomic E-state index is 12.0. The summed E-state index contributed by atoms with van der Waals surface area (Å²) >= 11 is 2.77. The molecule has 1 N–H and O–H groups in total. The first-order valence-corrected chi connectivity index (χ1v) is 11.6. The molecule has 0 unspecified atom stereocenters. The lowest BCUT2D eigenvalue weighted by molar-refractivity contribution is 0.270. The van der Waals surface area contributed by atoms with Gasteiger partial charge in [0, 0.05) is 23.5 Å². The molecule has 0 saturated carbocycles. The fourth-order valence-corrected chi connectivity index (χ4v) is 5.23. The van der Waals surface area contributed by atoms with Gasteiger partial charge in [0.2, 0.25) is 0 Å². The van der Waals surface area contributed by atoms with Crippen LogP contribution >= 0.6 is 23.1 Å². The Morgan fingerprint density at radius 3 is 2.83 bits per heavy atom. The van der Waals surface area contributed by atoms with E-state index >= 15 is 0 Å². The van der Waals surface area contributed by atoms with Crippen molar-refractivity contribution in [1.82, 2.24) is 19.7 Å². The number of thiazole rings is 1. The molecule has 6 nitrogen and oxygen atoms in total. The number of thioether (sulfide) groups is 1. The van der Waals surface area contributed by atoms with Crippen LogP contribution in [-0.2, 0) is 12.8 Å². The predicted molar refractivity (Wildman–Crippen MR) is 122 cm³/mol. The van der Waals surface area contributed by atoms with E-state index < -0.39 is 0 Å².